The maximum atomic E-state index is 12.4. The van der Waals surface area contributed by atoms with Gasteiger partial charge < -0.3 is 24.4 Å². The fourth-order valence-electron chi connectivity index (χ4n) is 2.46. The Morgan fingerprint density at radius 1 is 1.25 bits per heavy atom. The number of furan rings is 1. The van der Waals surface area contributed by atoms with Crippen molar-refractivity contribution in [1.82, 2.24) is 14.8 Å². The summed E-state index contributed by atoms with van der Waals surface area (Å²) in [6.45, 7) is 1.41. The van der Waals surface area contributed by atoms with Crippen molar-refractivity contribution in [2.75, 3.05) is 23.5 Å². The number of hydrogen-bond acceptors (Lipinski definition) is 7. The van der Waals surface area contributed by atoms with Crippen LogP contribution in [0.5, 0.6) is 5.75 Å². The van der Waals surface area contributed by atoms with Crippen LogP contribution in [0.25, 0.3) is 11.6 Å². The molecule has 0 radical (unpaired) electrons. The van der Waals surface area contributed by atoms with Crippen LogP contribution >= 0.6 is 11.8 Å². The van der Waals surface area contributed by atoms with E-state index in [4.69, 9.17) is 9.15 Å². The van der Waals surface area contributed by atoms with Crippen LogP contribution < -0.4 is 15.4 Å². The summed E-state index contributed by atoms with van der Waals surface area (Å²) in [4.78, 5) is 23.6. The number of nitrogens with one attached hydrogen (secondary N) is 2. The van der Waals surface area contributed by atoms with Gasteiger partial charge in [0.1, 0.15) is 5.75 Å². The molecule has 2 heterocycles. The maximum absolute atomic E-state index is 12.4. The number of ether oxygens (including phenoxy) is 1. The van der Waals surface area contributed by atoms with E-state index in [1.165, 1.54) is 25.8 Å². The van der Waals surface area contributed by atoms with Crippen molar-refractivity contribution in [3.63, 3.8) is 0 Å². The standard InChI is InChI=1S/C18H19N5O4S/c1-11(24)19-12-6-7-14(26-3)13(9-12)20-16(25)10-28-18-22-21-17(23(18)2)15-5-4-8-27-15/h4-9H,10H2,1-3H3,(H,19,24)(H,20,25). The lowest BCUT2D eigenvalue weighted by Crippen LogP contribution is -2.15. The lowest BCUT2D eigenvalue weighted by Gasteiger charge is -2.12. The molecule has 0 unspecified atom stereocenters. The highest BCUT2D eigenvalue weighted by Crippen LogP contribution is 2.28. The van der Waals surface area contributed by atoms with Gasteiger partial charge in [-0.15, -0.1) is 10.2 Å². The molecule has 2 aromatic heterocycles. The highest BCUT2D eigenvalue weighted by atomic mass is 32.2. The first-order chi connectivity index (χ1) is 13.5. The summed E-state index contributed by atoms with van der Waals surface area (Å²) in [5, 5.41) is 14.2. The summed E-state index contributed by atoms with van der Waals surface area (Å²) in [6, 6.07) is 8.57. The summed E-state index contributed by atoms with van der Waals surface area (Å²) >= 11 is 1.25. The largest absolute Gasteiger partial charge is 0.495 e. The summed E-state index contributed by atoms with van der Waals surface area (Å²) in [6.07, 6.45) is 1.56. The van der Waals surface area contributed by atoms with Gasteiger partial charge in [0, 0.05) is 19.7 Å². The second kappa shape index (κ2) is 8.61. The molecule has 0 aliphatic rings. The van der Waals surface area contributed by atoms with Gasteiger partial charge in [-0.1, -0.05) is 11.8 Å². The smallest absolute Gasteiger partial charge is 0.234 e. The Hall–Kier alpha value is -3.27. The van der Waals surface area contributed by atoms with Gasteiger partial charge in [0.2, 0.25) is 11.8 Å². The Morgan fingerprint density at radius 2 is 2.07 bits per heavy atom. The van der Waals surface area contributed by atoms with Crippen molar-refractivity contribution in [3.8, 4) is 17.3 Å². The number of methoxy groups -OCH3 is 1. The summed E-state index contributed by atoms with van der Waals surface area (Å²) in [7, 11) is 3.31. The van der Waals surface area contributed by atoms with E-state index in [1.807, 2.05) is 0 Å². The highest BCUT2D eigenvalue weighted by molar-refractivity contribution is 7.99. The monoisotopic (exact) mass is 401 g/mol. The van der Waals surface area contributed by atoms with Crippen LogP contribution in [-0.2, 0) is 16.6 Å². The molecule has 9 nitrogen and oxygen atoms in total. The zero-order chi connectivity index (χ0) is 20.1. The summed E-state index contributed by atoms with van der Waals surface area (Å²) in [5.74, 6) is 1.35. The molecule has 0 saturated carbocycles. The highest BCUT2D eigenvalue weighted by Gasteiger charge is 2.15. The fraction of sp³-hybridized carbons (Fsp3) is 0.222. The predicted octanol–water partition coefficient (Wildman–Crippen LogP) is 2.77. The average Bonchev–Trinajstić information content (AvgIpc) is 3.29. The predicted molar refractivity (Wildman–Crippen MR) is 105 cm³/mol. The molecular formula is C18H19N5O4S. The van der Waals surface area contributed by atoms with Crippen molar-refractivity contribution in [2.45, 2.75) is 12.1 Å². The van der Waals surface area contributed by atoms with E-state index in [2.05, 4.69) is 20.8 Å². The molecule has 0 spiro atoms. The van der Waals surface area contributed by atoms with E-state index < -0.39 is 0 Å². The Morgan fingerprint density at radius 3 is 2.75 bits per heavy atom. The van der Waals surface area contributed by atoms with Gasteiger partial charge in [-0.3, -0.25) is 9.59 Å². The Labute approximate surface area is 165 Å². The Balaban J connectivity index is 1.65. The van der Waals surface area contributed by atoms with Gasteiger partial charge in [0.05, 0.1) is 24.8 Å². The molecule has 0 atom stereocenters. The van der Waals surface area contributed by atoms with Gasteiger partial charge in [-0.25, -0.2) is 0 Å². The molecule has 10 heteroatoms. The Bertz CT molecular complexity index is 984. The van der Waals surface area contributed by atoms with Crippen molar-refractivity contribution in [1.29, 1.82) is 0 Å². The minimum atomic E-state index is -0.245. The summed E-state index contributed by atoms with van der Waals surface area (Å²) < 4.78 is 12.3. The van der Waals surface area contributed by atoms with E-state index in [9.17, 15) is 9.59 Å². The minimum Gasteiger partial charge on any atom is -0.495 e. The number of nitrogens with zero attached hydrogens (tertiary/aromatic N) is 3. The van der Waals surface area contributed by atoms with Crippen molar-refractivity contribution in [3.05, 3.63) is 36.6 Å². The number of carbonyl (C=O) groups is 2. The zero-order valence-corrected chi connectivity index (χ0v) is 16.4. The van der Waals surface area contributed by atoms with E-state index in [1.54, 1.807) is 48.2 Å². The molecular weight excluding hydrogens is 382 g/mol. The van der Waals surface area contributed by atoms with Crippen LogP contribution in [0, 0.1) is 0 Å². The normalized spacial score (nSPS) is 10.5. The lowest BCUT2D eigenvalue weighted by atomic mass is 10.2. The molecule has 3 rings (SSSR count). The minimum absolute atomic E-state index is 0.123. The first-order valence-electron chi connectivity index (χ1n) is 8.29. The fourth-order valence-corrected chi connectivity index (χ4v) is 3.18. The molecule has 0 bridgehead atoms. The second-order valence-electron chi connectivity index (χ2n) is 5.78. The molecule has 0 aliphatic heterocycles. The Kier molecular flexibility index (Phi) is 5.99. The number of hydrogen-bond donors (Lipinski definition) is 2. The van der Waals surface area contributed by atoms with Crippen molar-refractivity contribution < 1.29 is 18.7 Å². The lowest BCUT2D eigenvalue weighted by molar-refractivity contribution is -0.114. The zero-order valence-electron chi connectivity index (χ0n) is 15.6. The van der Waals surface area contributed by atoms with Gasteiger partial charge in [0.15, 0.2) is 16.7 Å². The maximum Gasteiger partial charge on any atom is 0.234 e. The van der Waals surface area contributed by atoms with Crippen molar-refractivity contribution in [2.24, 2.45) is 7.05 Å². The SMILES string of the molecule is COc1ccc(NC(C)=O)cc1NC(=O)CSc1nnc(-c2ccco2)n1C. The first-order valence-corrected chi connectivity index (χ1v) is 9.28. The number of anilines is 2. The van der Waals surface area contributed by atoms with Crippen LogP contribution in [0.15, 0.2) is 46.2 Å². The molecule has 0 saturated heterocycles. The molecule has 0 aliphatic carbocycles. The van der Waals surface area contributed by atoms with Crippen molar-refractivity contribution >= 4 is 35.0 Å². The molecule has 2 N–H and O–H groups in total. The molecule has 0 fully saturated rings. The quantitative estimate of drug-likeness (QED) is 0.586. The molecule has 3 aromatic rings. The van der Waals surface area contributed by atoms with E-state index in [0.717, 1.165) is 0 Å². The average molecular weight is 401 g/mol. The van der Waals surface area contributed by atoms with E-state index >= 15 is 0 Å². The number of amides is 2. The van der Waals surface area contributed by atoms with Gasteiger partial charge >= 0.3 is 0 Å². The second-order valence-corrected chi connectivity index (χ2v) is 6.72. The first kappa shape index (κ1) is 19.5. The third-order valence-electron chi connectivity index (χ3n) is 3.70. The number of aromatic nitrogens is 3. The van der Waals surface area contributed by atoms with Crippen LogP contribution in [0.4, 0.5) is 11.4 Å². The molecule has 1 aromatic carbocycles. The summed E-state index contributed by atoms with van der Waals surface area (Å²) in [5.41, 5.74) is 1.03. The topological polar surface area (TPSA) is 111 Å². The molecule has 2 amide bonds. The number of benzene rings is 1. The van der Waals surface area contributed by atoms with Gasteiger partial charge in [0.25, 0.3) is 0 Å². The van der Waals surface area contributed by atoms with E-state index in [-0.39, 0.29) is 17.6 Å². The third kappa shape index (κ3) is 4.52. The number of carbonyl (C=O) groups excluding carboxylic acids is 2. The van der Waals surface area contributed by atoms with Crippen LogP contribution in [0.3, 0.4) is 0 Å². The van der Waals surface area contributed by atoms with Gasteiger partial charge in [-0.2, -0.15) is 0 Å². The third-order valence-corrected chi connectivity index (χ3v) is 4.72. The molecule has 28 heavy (non-hydrogen) atoms. The van der Waals surface area contributed by atoms with Gasteiger partial charge in [-0.05, 0) is 30.3 Å². The van der Waals surface area contributed by atoms with Crippen LogP contribution in [0.2, 0.25) is 0 Å². The number of thioether (sulfide) groups is 1. The number of rotatable bonds is 7. The molecule has 146 valence electrons. The van der Waals surface area contributed by atoms with E-state index in [0.29, 0.717) is 33.9 Å². The van der Waals surface area contributed by atoms with Crippen LogP contribution in [-0.4, -0.2) is 39.4 Å². The van der Waals surface area contributed by atoms with Crippen LogP contribution in [0.1, 0.15) is 6.92 Å².